The fourth-order valence-corrected chi connectivity index (χ4v) is 2.69. The Balaban J connectivity index is 2.24. The normalized spacial score (nSPS) is 18.7. The van der Waals surface area contributed by atoms with Crippen LogP contribution in [-0.2, 0) is 0 Å². The van der Waals surface area contributed by atoms with E-state index in [0.29, 0.717) is 6.04 Å². The highest BCUT2D eigenvalue weighted by atomic mass is 16.5. The van der Waals surface area contributed by atoms with Crippen LogP contribution in [0.2, 0.25) is 0 Å². The Morgan fingerprint density at radius 3 is 2.74 bits per heavy atom. The summed E-state index contributed by atoms with van der Waals surface area (Å²) < 4.78 is 10.9. The molecule has 1 atom stereocenters. The van der Waals surface area contributed by atoms with E-state index in [-0.39, 0.29) is 0 Å². The van der Waals surface area contributed by atoms with E-state index in [4.69, 9.17) is 9.47 Å². The third-order valence-corrected chi connectivity index (χ3v) is 3.81. The summed E-state index contributed by atoms with van der Waals surface area (Å²) in [5.74, 6) is 1.66. The van der Waals surface area contributed by atoms with E-state index in [2.05, 4.69) is 23.2 Å². The topological polar surface area (TPSA) is 33.7 Å². The molecule has 2 rings (SSSR count). The molecule has 1 fully saturated rings. The molecule has 1 aromatic carbocycles. The van der Waals surface area contributed by atoms with Crippen molar-refractivity contribution in [3.63, 3.8) is 0 Å². The van der Waals surface area contributed by atoms with Crippen LogP contribution in [0.25, 0.3) is 0 Å². The van der Waals surface area contributed by atoms with Gasteiger partial charge in [0.2, 0.25) is 0 Å². The summed E-state index contributed by atoms with van der Waals surface area (Å²) in [4.78, 5) is 2.50. The molecule has 4 nitrogen and oxygen atoms in total. The second-order valence-electron chi connectivity index (χ2n) is 4.90. The molecular formula is C15H24N2O2. The fourth-order valence-electron chi connectivity index (χ4n) is 2.69. The van der Waals surface area contributed by atoms with Gasteiger partial charge in [-0.3, -0.25) is 4.90 Å². The van der Waals surface area contributed by atoms with Crippen molar-refractivity contribution in [3.8, 4) is 11.5 Å². The molecule has 0 saturated carbocycles. The average molecular weight is 264 g/mol. The van der Waals surface area contributed by atoms with Crippen LogP contribution in [0, 0.1) is 0 Å². The maximum absolute atomic E-state index is 5.54. The van der Waals surface area contributed by atoms with E-state index in [1.165, 1.54) is 12.0 Å². The van der Waals surface area contributed by atoms with Gasteiger partial charge in [0.1, 0.15) is 0 Å². The quantitative estimate of drug-likeness (QED) is 0.902. The van der Waals surface area contributed by atoms with Gasteiger partial charge in [0.15, 0.2) is 11.5 Å². The number of rotatable bonds is 4. The molecule has 0 aromatic heterocycles. The first kappa shape index (κ1) is 14.2. The standard InChI is InChI=1S/C15H24N2O2/c1-12(17-10-5-8-16-9-11-17)13-6-4-7-14(18-2)15(13)19-3/h4,6-7,12,16H,5,8-11H2,1-3H3. The summed E-state index contributed by atoms with van der Waals surface area (Å²) in [5, 5.41) is 3.44. The number of hydrogen-bond donors (Lipinski definition) is 1. The monoisotopic (exact) mass is 264 g/mol. The molecule has 0 radical (unpaired) electrons. The molecule has 1 aromatic rings. The van der Waals surface area contributed by atoms with Gasteiger partial charge in [0, 0.05) is 24.7 Å². The molecule has 19 heavy (non-hydrogen) atoms. The lowest BCUT2D eigenvalue weighted by Crippen LogP contribution is -2.31. The maximum atomic E-state index is 5.54. The molecule has 1 unspecified atom stereocenters. The zero-order chi connectivity index (χ0) is 13.7. The predicted molar refractivity (Wildman–Crippen MR) is 77.0 cm³/mol. The largest absolute Gasteiger partial charge is 0.493 e. The molecule has 1 aliphatic heterocycles. The highest BCUT2D eigenvalue weighted by Crippen LogP contribution is 2.36. The zero-order valence-corrected chi connectivity index (χ0v) is 12.1. The Morgan fingerprint density at radius 1 is 1.16 bits per heavy atom. The number of nitrogens with zero attached hydrogens (tertiary/aromatic N) is 1. The molecule has 1 aliphatic rings. The lowest BCUT2D eigenvalue weighted by Gasteiger charge is -2.29. The first-order valence-electron chi connectivity index (χ1n) is 6.93. The van der Waals surface area contributed by atoms with Crippen LogP contribution < -0.4 is 14.8 Å². The fraction of sp³-hybridized carbons (Fsp3) is 0.600. The summed E-state index contributed by atoms with van der Waals surface area (Å²) in [6.45, 7) is 6.59. The Labute approximate surface area is 115 Å². The summed E-state index contributed by atoms with van der Waals surface area (Å²) in [6.07, 6.45) is 1.19. The van der Waals surface area contributed by atoms with Gasteiger partial charge in [-0.25, -0.2) is 0 Å². The van der Waals surface area contributed by atoms with Crippen molar-refractivity contribution in [3.05, 3.63) is 23.8 Å². The second-order valence-corrected chi connectivity index (χ2v) is 4.90. The van der Waals surface area contributed by atoms with Crippen LogP contribution in [0.5, 0.6) is 11.5 Å². The number of benzene rings is 1. The van der Waals surface area contributed by atoms with Crippen LogP contribution in [0.15, 0.2) is 18.2 Å². The molecule has 4 heteroatoms. The smallest absolute Gasteiger partial charge is 0.165 e. The van der Waals surface area contributed by atoms with E-state index >= 15 is 0 Å². The van der Waals surface area contributed by atoms with Crippen LogP contribution >= 0.6 is 0 Å². The first-order chi connectivity index (χ1) is 9.27. The molecular weight excluding hydrogens is 240 g/mol. The Bertz CT molecular complexity index is 401. The lowest BCUT2D eigenvalue weighted by molar-refractivity contribution is 0.219. The van der Waals surface area contributed by atoms with Crippen LogP contribution in [-0.4, -0.2) is 45.3 Å². The Hall–Kier alpha value is -1.26. The van der Waals surface area contributed by atoms with Gasteiger partial charge in [-0.15, -0.1) is 0 Å². The van der Waals surface area contributed by atoms with E-state index in [1.54, 1.807) is 14.2 Å². The molecule has 1 N–H and O–H groups in total. The van der Waals surface area contributed by atoms with Crippen molar-refractivity contribution in [1.29, 1.82) is 0 Å². The average Bonchev–Trinajstić information content (AvgIpc) is 2.74. The van der Waals surface area contributed by atoms with Gasteiger partial charge < -0.3 is 14.8 Å². The SMILES string of the molecule is COc1cccc(C(C)N2CCCNCC2)c1OC. The van der Waals surface area contributed by atoms with Crippen LogP contribution in [0.1, 0.15) is 24.9 Å². The highest BCUT2D eigenvalue weighted by molar-refractivity contribution is 5.47. The van der Waals surface area contributed by atoms with Crippen LogP contribution in [0.3, 0.4) is 0 Å². The van der Waals surface area contributed by atoms with Gasteiger partial charge in [0.05, 0.1) is 14.2 Å². The van der Waals surface area contributed by atoms with Crippen molar-refractivity contribution in [2.75, 3.05) is 40.4 Å². The number of nitrogens with one attached hydrogen (secondary N) is 1. The lowest BCUT2D eigenvalue weighted by atomic mass is 10.0. The number of methoxy groups -OCH3 is 2. The predicted octanol–water partition coefficient (Wildman–Crippen LogP) is 2.06. The van der Waals surface area contributed by atoms with Gasteiger partial charge in [-0.1, -0.05) is 12.1 Å². The Kier molecular flexibility index (Phi) is 5.05. The van der Waals surface area contributed by atoms with E-state index < -0.39 is 0 Å². The molecule has 0 bridgehead atoms. The minimum Gasteiger partial charge on any atom is -0.493 e. The summed E-state index contributed by atoms with van der Waals surface area (Å²) in [7, 11) is 3.39. The number of ether oxygens (including phenoxy) is 2. The van der Waals surface area contributed by atoms with E-state index in [1.807, 2.05) is 12.1 Å². The van der Waals surface area contributed by atoms with Crippen molar-refractivity contribution >= 4 is 0 Å². The van der Waals surface area contributed by atoms with Gasteiger partial charge in [0.25, 0.3) is 0 Å². The first-order valence-corrected chi connectivity index (χ1v) is 6.93. The maximum Gasteiger partial charge on any atom is 0.165 e. The molecule has 1 saturated heterocycles. The summed E-state index contributed by atoms with van der Waals surface area (Å²) in [6, 6.07) is 6.44. The minimum atomic E-state index is 0.338. The van der Waals surface area contributed by atoms with Gasteiger partial charge in [-0.05, 0) is 32.5 Å². The van der Waals surface area contributed by atoms with Gasteiger partial charge >= 0.3 is 0 Å². The number of hydrogen-bond acceptors (Lipinski definition) is 4. The van der Waals surface area contributed by atoms with Crippen molar-refractivity contribution < 1.29 is 9.47 Å². The number of para-hydroxylation sites is 1. The van der Waals surface area contributed by atoms with Crippen molar-refractivity contribution in [2.24, 2.45) is 0 Å². The van der Waals surface area contributed by atoms with E-state index in [0.717, 1.165) is 37.7 Å². The third-order valence-electron chi connectivity index (χ3n) is 3.81. The van der Waals surface area contributed by atoms with E-state index in [9.17, 15) is 0 Å². The Morgan fingerprint density at radius 2 is 2.00 bits per heavy atom. The third kappa shape index (κ3) is 3.19. The van der Waals surface area contributed by atoms with Crippen LogP contribution in [0.4, 0.5) is 0 Å². The zero-order valence-electron chi connectivity index (χ0n) is 12.1. The summed E-state index contributed by atoms with van der Waals surface area (Å²) in [5.41, 5.74) is 1.20. The summed E-state index contributed by atoms with van der Waals surface area (Å²) >= 11 is 0. The molecule has 0 aliphatic carbocycles. The van der Waals surface area contributed by atoms with Crippen molar-refractivity contribution in [2.45, 2.75) is 19.4 Å². The molecule has 0 amide bonds. The highest BCUT2D eigenvalue weighted by Gasteiger charge is 2.21. The molecule has 0 spiro atoms. The minimum absolute atomic E-state index is 0.338. The van der Waals surface area contributed by atoms with Gasteiger partial charge in [-0.2, -0.15) is 0 Å². The molecule has 1 heterocycles. The second kappa shape index (κ2) is 6.78. The molecule has 106 valence electrons. The van der Waals surface area contributed by atoms with Crippen molar-refractivity contribution in [1.82, 2.24) is 10.2 Å².